The van der Waals surface area contributed by atoms with Gasteiger partial charge in [0.1, 0.15) is 0 Å². The largest absolute Gasteiger partial charge is 0.388 e. The lowest BCUT2D eigenvalue weighted by molar-refractivity contribution is -0.119. The number of fused-ring (bicyclic) bond motifs is 1. The highest BCUT2D eigenvalue weighted by Gasteiger charge is 2.39. The molecule has 0 saturated carbocycles. The fourth-order valence-electron chi connectivity index (χ4n) is 2.59. The van der Waals surface area contributed by atoms with Gasteiger partial charge in [0.05, 0.1) is 11.5 Å². The van der Waals surface area contributed by atoms with Crippen LogP contribution in [0.25, 0.3) is 0 Å². The number of aliphatic hydroxyl groups excluding tert-OH is 1. The zero-order chi connectivity index (χ0) is 14.4. The molecule has 1 atom stereocenters. The Labute approximate surface area is 115 Å². The smallest absolute Gasteiger partial charge is 0.234 e. The lowest BCUT2D eigenvalue weighted by atomic mass is 9.82. The quantitative estimate of drug-likeness (QED) is 0.878. The Bertz CT molecular complexity index is 518. The third kappa shape index (κ3) is 2.16. The summed E-state index contributed by atoms with van der Waals surface area (Å²) in [6, 6.07) is 4.00. The summed E-state index contributed by atoms with van der Waals surface area (Å²) in [5.74, 6) is 0.198. The summed E-state index contributed by atoms with van der Waals surface area (Å²) in [7, 11) is 0. The van der Waals surface area contributed by atoms with E-state index in [-0.39, 0.29) is 11.8 Å². The molecular weight excluding hydrogens is 238 g/mol. The van der Waals surface area contributed by atoms with Crippen LogP contribution in [0.2, 0.25) is 0 Å². The van der Waals surface area contributed by atoms with Crippen LogP contribution >= 0.6 is 0 Å². The Morgan fingerprint density at radius 2 is 1.95 bits per heavy atom. The van der Waals surface area contributed by atoms with Crippen molar-refractivity contribution >= 4 is 11.6 Å². The third-order valence-electron chi connectivity index (χ3n) is 4.08. The van der Waals surface area contributed by atoms with Crippen LogP contribution in [0.4, 0.5) is 5.69 Å². The van der Waals surface area contributed by atoms with Crippen LogP contribution in [0.15, 0.2) is 12.1 Å². The molecule has 0 fully saturated rings. The van der Waals surface area contributed by atoms with Gasteiger partial charge in [-0.05, 0) is 42.9 Å². The van der Waals surface area contributed by atoms with E-state index in [2.05, 4.69) is 12.2 Å². The Morgan fingerprint density at radius 1 is 1.32 bits per heavy atom. The molecule has 2 N–H and O–H groups in total. The normalized spacial score (nSPS) is 18.4. The van der Waals surface area contributed by atoms with Crippen LogP contribution in [-0.4, -0.2) is 11.0 Å². The lowest BCUT2D eigenvalue weighted by Gasteiger charge is -2.21. The molecule has 3 nitrogen and oxygen atoms in total. The zero-order valence-corrected chi connectivity index (χ0v) is 12.4. The summed E-state index contributed by atoms with van der Waals surface area (Å²) >= 11 is 0. The SMILES string of the molecule is CCc1cc(C(O)C(C)C)cc2c1NC(=O)C2(C)C. The van der Waals surface area contributed by atoms with Gasteiger partial charge in [-0.1, -0.05) is 32.9 Å². The van der Waals surface area contributed by atoms with Gasteiger partial charge in [0.15, 0.2) is 0 Å². The Hall–Kier alpha value is -1.35. The minimum atomic E-state index is -0.522. The first-order chi connectivity index (χ1) is 8.78. The maximum absolute atomic E-state index is 12.1. The molecule has 0 bridgehead atoms. The topological polar surface area (TPSA) is 49.3 Å². The number of aliphatic hydroxyl groups is 1. The average molecular weight is 261 g/mol. The van der Waals surface area contributed by atoms with Crippen molar-refractivity contribution in [3.63, 3.8) is 0 Å². The molecule has 0 aromatic heterocycles. The number of benzene rings is 1. The first-order valence-electron chi connectivity index (χ1n) is 6.95. The van der Waals surface area contributed by atoms with Crippen LogP contribution in [0.3, 0.4) is 0 Å². The first kappa shape index (κ1) is 14.1. The van der Waals surface area contributed by atoms with Gasteiger partial charge in [0.2, 0.25) is 5.91 Å². The van der Waals surface area contributed by atoms with Crippen molar-refractivity contribution in [2.75, 3.05) is 5.32 Å². The van der Waals surface area contributed by atoms with Crippen LogP contribution in [0, 0.1) is 5.92 Å². The second kappa shape index (κ2) is 4.64. The van der Waals surface area contributed by atoms with Crippen LogP contribution in [0.1, 0.15) is 57.4 Å². The predicted octanol–water partition coefficient (Wildman–Crippen LogP) is 3.17. The molecule has 104 valence electrons. The highest BCUT2D eigenvalue weighted by atomic mass is 16.3. The number of amides is 1. The number of anilines is 1. The van der Waals surface area contributed by atoms with Gasteiger partial charge in [-0.2, -0.15) is 0 Å². The first-order valence-corrected chi connectivity index (χ1v) is 6.95. The van der Waals surface area contributed by atoms with Crippen LogP contribution < -0.4 is 5.32 Å². The molecule has 1 aliphatic heterocycles. The average Bonchev–Trinajstić information content (AvgIpc) is 2.59. The summed E-state index contributed by atoms with van der Waals surface area (Å²) in [6.45, 7) is 9.92. The van der Waals surface area contributed by atoms with Gasteiger partial charge < -0.3 is 10.4 Å². The Morgan fingerprint density at radius 3 is 2.47 bits per heavy atom. The van der Waals surface area contributed by atoms with Crippen molar-refractivity contribution in [1.82, 2.24) is 0 Å². The van der Waals surface area contributed by atoms with Gasteiger partial charge in [0.25, 0.3) is 0 Å². The molecule has 1 amide bonds. The highest BCUT2D eigenvalue weighted by molar-refractivity contribution is 6.06. The van der Waals surface area contributed by atoms with E-state index in [1.165, 1.54) is 0 Å². The second-order valence-corrected chi connectivity index (χ2v) is 6.22. The maximum Gasteiger partial charge on any atom is 0.234 e. The maximum atomic E-state index is 12.1. The molecule has 2 rings (SSSR count). The Kier molecular flexibility index (Phi) is 3.43. The van der Waals surface area contributed by atoms with Crippen molar-refractivity contribution in [1.29, 1.82) is 0 Å². The van der Waals surface area contributed by atoms with Gasteiger partial charge in [0, 0.05) is 5.69 Å². The number of carbonyl (C=O) groups is 1. The number of hydrogen-bond acceptors (Lipinski definition) is 2. The van der Waals surface area contributed by atoms with Crippen molar-refractivity contribution in [2.24, 2.45) is 5.92 Å². The van der Waals surface area contributed by atoms with E-state index >= 15 is 0 Å². The molecule has 1 aliphatic rings. The molecule has 19 heavy (non-hydrogen) atoms. The van der Waals surface area contributed by atoms with E-state index in [1.54, 1.807) is 0 Å². The fourth-order valence-corrected chi connectivity index (χ4v) is 2.59. The molecule has 0 saturated heterocycles. The summed E-state index contributed by atoms with van der Waals surface area (Å²) in [6.07, 6.45) is 0.360. The number of carbonyl (C=O) groups excluding carboxylic acids is 1. The summed E-state index contributed by atoms with van der Waals surface area (Å²) in [4.78, 5) is 12.1. The monoisotopic (exact) mass is 261 g/mol. The molecule has 1 aromatic carbocycles. The number of nitrogens with one attached hydrogen (secondary N) is 1. The molecule has 0 spiro atoms. The summed E-state index contributed by atoms with van der Waals surface area (Å²) in [5, 5.41) is 13.3. The van der Waals surface area contributed by atoms with Gasteiger partial charge in [-0.3, -0.25) is 4.79 Å². The summed E-state index contributed by atoms with van der Waals surface area (Å²) in [5.41, 5.74) is 3.44. The molecule has 0 radical (unpaired) electrons. The molecule has 1 unspecified atom stereocenters. The van der Waals surface area contributed by atoms with Crippen LogP contribution in [-0.2, 0) is 16.6 Å². The van der Waals surface area contributed by atoms with E-state index in [4.69, 9.17) is 0 Å². The van der Waals surface area contributed by atoms with Crippen molar-refractivity contribution in [3.8, 4) is 0 Å². The standard InChI is InChI=1S/C16H23NO2/c1-6-10-7-11(14(18)9(2)3)8-12-13(10)17-15(19)16(12,4)5/h7-9,14,18H,6H2,1-5H3,(H,17,19). The van der Waals surface area contributed by atoms with Gasteiger partial charge in [-0.25, -0.2) is 0 Å². The number of rotatable bonds is 3. The summed E-state index contributed by atoms with van der Waals surface area (Å²) < 4.78 is 0. The predicted molar refractivity (Wildman–Crippen MR) is 77.3 cm³/mol. The van der Waals surface area contributed by atoms with Gasteiger partial charge in [-0.15, -0.1) is 0 Å². The zero-order valence-electron chi connectivity index (χ0n) is 12.4. The highest BCUT2D eigenvalue weighted by Crippen LogP contribution is 2.41. The van der Waals surface area contributed by atoms with E-state index < -0.39 is 11.5 Å². The lowest BCUT2D eigenvalue weighted by Crippen LogP contribution is -2.27. The van der Waals surface area contributed by atoms with Crippen molar-refractivity contribution in [2.45, 2.75) is 52.6 Å². The minimum Gasteiger partial charge on any atom is -0.388 e. The van der Waals surface area contributed by atoms with Crippen molar-refractivity contribution in [3.05, 3.63) is 28.8 Å². The molecule has 1 heterocycles. The molecule has 0 aliphatic carbocycles. The van der Waals surface area contributed by atoms with E-state index in [1.807, 2.05) is 39.8 Å². The molecular formula is C16H23NO2. The second-order valence-electron chi connectivity index (χ2n) is 6.22. The van der Waals surface area contributed by atoms with E-state index in [0.717, 1.165) is 28.8 Å². The fraction of sp³-hybridized carbons (Fsp3) is 0.562. The molecule has 1 aromatic rings. The number of aryl methyl sites for hydroxylation is 1. The van der Waals surface area contributed by atoms with E-state index in [9.17, 15) is 9.90 Å². The Balaban J connectivity index is 2.60. The molecule has 3 heteroatoms. The minimum absolute atomic E-state index is 0.0355. The van der Waals surface area contributed by atoms with Crippen LogP contribution in [0.5, 0.6) is 0 Å². The number of hydrogen-bond donors (Lipinski definition) is 2. The van der Waals surface area contributed by atoms with Gasteiger partial charge >= 0.3 is 0 Å². The van der Waals surface area contributed by atoms with Crippen molar-refractivity contribution < 1.29 is 9.90 Å². The third-order valence-corrected chi connectivity index (χ3v) is 4.08. The van der Waals surface area contributed by atoms with E-state index in [0.29, 0.717) is 0 Å².